The minimum absolute atomic E-state index is 0.00612. The molecule has 2 amide bonds. The fourth-order valence-electron chi connectivity index (χ4n) is 3.35. The fourth-order valence-corrected chi connectivity index (χ4v) is 3.35. The second-order valence-electron chi connectivity index (χ2n) is 6.86. The third-order valence-corrected chi connectivity index (χ3v) is 4.97. The Bertz CT molecular complexity index is 967. The second kappa shape index (κ2) is 8.56. The number of carbonyl (C=O) groups excluding carboxylic acids is 2. The summed E-state index contributed by atoms with van der Waals surface area (Å²) in [5, 5.41) is 2.85. The van der Waals surface area contributed by atoms with Crippen LogP contribution in [-0.4, -0.2) is 47.9 Å². The molecule has 0 atom stereocenters. The van der Waals surface area contributed by atoms with Crippen LogP contribution < -0.4 is 10.2 Å². The van der Waals surface area contributed by atoms with Gasteiger partial charge in [-0.2, -0.15) is 0 Å². The molecule has 1 aliphatic heterocycles. The smallest absolute Gasteiger partial charge is 0.255 e. The van der Waals surface area contributed by atoms with Crippen LogP contribution in [0.4, 0.5) is 11.5 Å². The summed E-state index contributed by atoms with van der Waals surface area (Å²) in [4.78, 5) is 33.5. The van der Waals surface area contributed by atoms with Gasteiger partial charge in [0.15, 0.2) is 0 Å². The topological polar surface area (TPSA) is 65.5 Å². The first-order valence-corrected chi connectivity index (χ1v) is 9.62. The second-order valence-corrected chi connectivity index (χ2v) is 6.86. The number of hydrogen-bond acceptors (Lipinski definition) is 4. The van der Waals surface area contributed by atoms with E-state index < -0.39 is 0 Å². The van der Waals surface area contributed by atoms with Crippen molar-refractivity contribution in [3.8, 4) is 0 Å². The summed E-state index contributed by atoms with van der Waals surface area (Å²) >= 11 is 0. The molecule has 3 aromatic rings. The van der Waals surface area contributed by atoms with E-state index in [2.05, 4.69) is 15.2 Å². The lowest BCUT2D eigenvalue weighted by Gasteiger charge is -2.35. The molecule has 0 saturated carbocycles. The third-order valence-electron chi connectivity index (χ3n) is 4.97. The van der Waals surface area contributed by atoms with Crippen molar-refractivity contribution >= 4 is 23.3 Å². The predicted octanol–water partition coefficient (Wildman–Crippen LogP) is 3.30. The van der Waals surface area contributed by atoms with E-state index >= 15 is 0 Å². The van der Waals surface area contributed by atoms with Gasteiger partial charge in [0.1, 0.15) is 5.82 Å². The van der Waals surface area contributed by atoms with Crippen molar-refractivity contribution in [2.45, 2.75) is 0 Å². The van der Waals surface area contributed by atoms with Gasteiger partial charge in [0.2, 0.25) is 0 Å². The van der Waals surface area contributed by atoms with Crippen LogP contribution in [0.2, 0.25) is 0 Å². The summed E-state index contributed by atoms with van der Waals surface area (Å²) < 4.78 is 0. The first-order chi connectivity index (χ1) is 14.2. The van der Waals surface area contributed by atoms with Crippen LogP contribution in [0.3, 0.4) is 0 Å². The maximum atomic E-state index is 12.8. The Balaban J connectivity index is 1.34. The third kappa shape index (κ3) is 4.43. The van der Waals surface area contributed by atoms with E-state index in [-0.39, 0.29) is 11.8 Å². The monoisotopic (exact) mass is 386 g/mol. The Kier molecular flexibility index (Phi) is 5.52. The molecule has 4 rings (SSSR count). The molecule has 0 bridgehead atoms. The molecule has 0 radical (unpaired) electrons. The number of amides is 2. The zero-order valence-electron chi connectivity index (χ0n) is 16.0. The number of rotatable bonds is 4. The lowest BCUT2D eigenvalue weighted by atomic mass is 10.1. The van der Waals surface area contributed by atoms with Crippen LogP contribution in [-0.2, 0) is 0 Å². The number of hydrogen-bond donors (Lipinski definition) is 1. The normalized spacial score (nSPS) is 13.8. The van der Waals surface area contributed by atoms with Crippen molar-refractivity contribution < 1.29 is 9.59 Å². The number of carbonyl (C=O) groups is 2. The highest BCUT2D eigenvalue weighted by atomic mass is 16.2. The SMILES string of the molecule is O=C(Nc1ccc(C(=O)N2CCN(c3ccccn3)CC2)cc1)c1ccccc1. The molecule has 1 fully saturated rings. The Morgan fingerprint density at radius 1 is 0.759 bits per heavy atom. The van der Waals surface area contributed by atoms with E-state index in [1.165, 1.54) is 0 Å². The Morgan fingerprint density at radius 2 is 1.45 bits per heavy atom. The lowest BCUT2D eigenvalue weighted by molar-refractivity contribution is 0.0746. The minimum Gasteiger partial charge on any atom is -0.353 e. The average molecular weight is 386 g/mol. The Hall–Kier alpha value is -3.67. The van der Waals surface area contributed by atoms with E-state index in [1.54, 1.807) is 42.6 Å². The molecule has 146 valence electrons. The number of anilines is 2. The molecule has 2 aromatic carbocycles. The summed E-state index contributed by atoms with van der Waals surface area (Å²) in [6.07, 6.45) is 1.78. The maximum absolute atomic E-state index is 12.8. The molecule has 1 saturated heterocycles. The number of piperazine rings is 1. The highest BCUT2D eigenvalue weighted by molar-refractivity contribution is 6.04. The van der Waals surface area contributed by atoms with Gasteiger partial charge >= 0.3 is 0 Å². The molecular formula is C23H22N4O2. The molecular weight excluding hydrogens is 364 g/mol. The number of nitrogens with one attached hydrogen (secondary N) is 1. The van der Waals surface area contributed by atoms with Crippen LogP contribution in [0.25, 0.3) is 0 Å². The van der Waals surface area contributed by atoms with Gasteiger partial charge in [-0.1, -0.05) is 24.3 Å². The van der Waals surface area contributed by atoms with Crippen molar-refractivity contribution in [3.05, 3.63) is 90.1 Å². The van der Waals surface area contributed by atoms with Crippen molar-refractivity contribution in [2.75, 3.05) is 36.4 Å². The van der Waals surface area contributed by atoms with Gasteiger partial charge in [-0.3, -0.25) is 9.59 Å². The quantitative estimate of drug-likeness (QED) is 0.747. The number of pyridine rings is 1. The standard InChI is InChI=1S/C23H22N4O2/c28-22(18-6-2-1-3-7-18)25-20-11-9-19(10-12-20)23(29)27-16-14-26(15-17-27)21-8-4-5-13-24-21/h1-13H,14-17H2,(H,25,28). The zero-order chi connectivity index (χ0) is 20.1. The van der Waals surface area contributed by atoms with Crippen LogP contribution in [0.15, 0.2) is 79.0 Å². The molecule has 2 heterocycles. The summed E-state index contributed by atoms with van der Waals surface area (Å²) in [7, 11) is 0. The van der Waals surface area contributed by atoms with E-state index in [4.69, 9.17) is 0 Å². The minimum atomic E-state index is -0.171. The van der Waals surface area contributed by atoms with Crippen LogP contribution in [0, 0.1) is 0 Å². The van der Waals surface area contributed by atoms with Gasteiger partial charge in [0.25, 0.3) is 11.8 Å². The Labute approximate surface area is 169 Å². The maximum Gasteiger partial charge on any atom is 0.255 e. The average Bonchev–Trinajstić information content (AvgIpc) is 2.80. The van der Waals surface area contributed by atoms with Gasteiger partial charge in [-0.25, -0.2) is 4.98 Å². The summed E-state index contributed by atoms with van der Waals surface area (Å²) in [5.74, 6) is 0.778. The lowest BCUT2D eigenvalue weighted by Crippen LogP contribution is -2.49. The first-order valence-electron chi connectivity index (χ1n) is 9.62. The molecule has 1 aliphatic rings. The summed E-state index contributed by atoms with van der Waals surface area (Å²) in [6, 6.07) is 21.9. The first kappa shape index (κ1) is 18.7. The molecule has 0 unspecified atom stereocenters. The van der Waals surface area contributed by atoms with E-state index in [1.807, 2.05) is 41.3 Å². The van der Waals surface area contributed by atoms with Crippen molar-refractivity contribution in [1.29, 1.82) is 0 Å². The Morgan fingerprint density at radius 3 is 2.10 bits per heavy atom. The summed E-state index contributed by atoms with van der Waals surface area (Å²) in [5.41, 5.74) is 1.88. The number of aromatic nitrogens is 1. The highest BCUT2D eigenvalue weighted by Gasteiger charge is 2.22. The van der Waals surface area contributed by atoms with Gasteiger partial charge < -0.3 is 15.1 Å². The van der Waals surface area contributed by atoms with Crippen LogP contribution >= 0.6 is 0 Å². The predicted molar refractivity (Wildman–Crippen MR) is 113 cm³/mol. The number of benzene rings is 2. The van der Waals surface area contributed by atoms with Crippen molar-refractivity contribution in [3.63, 3.8) is 0 Å². The fraction of sp³-hybridized carbons (Fsp3) is 0.174. The summed E-state index contributed by atoms with van der Waals surface area (Å²) in [6.45, 7) is 2.83. The molecule has 29 heavy (non-hydrogen) atoms. The molecule has 0 spiro atoms. The molecule has 1 aromatic heterocycles. The largest absolute Gasteiger partial charge is 0.353 e. The van der Waals surface area contributed by atoms with Gasteiger partial charge in [0.05, 0.1) is 0 Å². The van der Waals surface area contributed by atoms with Gasteiger partial charge in [-0.05, 0) is 48.5 Å². The molecule has 0 aliphatic carbocycles. The van der Waals surface area contributed by atoms with Crippen LogP contribution in [0.1, 0.15) is 20.7 Å². The van der Waals surface area contributed by atoms with Crippen molar-refractivity contribution in [1.82, 2.24) is 9.88 Å². The number of nitrogens with zero attached hydrogens (tertiary/aromatic N) is 3. The molecule has 6 nitrogen and oxygen atoms in total. The highest BCUT2D eigenvalue weighted by Crippen LogP contribution is 2.16. The van der Waals surface area contributed by atoms with Gasteiger partial charge in [-0.15, -0.1) is 0 Å². The van der Waals surface area contributed by atoms with E-state index in [0.717, 1.165) is 18.9 Å². The van der Waals surface area contributed by atoms with E-state index in [0.29, 0.717) is 29.9 Å². The zero-order valence-corrected chi connectivity index (χ0v) is 16.0. The van der Waals surface area contributed by atoms with Crippen molar-refractivity contribution in [2.24, 2.45) is 0 Å². The van der Waals surface area contributed by atoms with Gasteiger partial charge in [0, 0.05) is 49.2 Å². The van der Waals surface area contributed by atoms with Crippen LogP contribution in [0.5, 0.6) is 0 Å². The molecule has 6 heteroatoms. The van der Waals surface area contributed by atoms with E-state index in [9.17, 15) is 9.59 Å². The molecule has 1 N–H and O–H groups in total.